The first-order chi connectivity index (χ1) is 8.31. The first-order valence-electron chi connectivity index (χ1n) is 5.82. The molecule has 5 heteroatoms. The van der Waals surface area contributed by atoms with Crippen LogP contribution in [0.2, 0.25) is 0 Å². The minimum absolute atomic E-state index is 0.0760. The second-order valence-electron chi connectivity index (χ2n) is 4.74. The number of carbonyl (C=O) groups excluding carboxylic acids is 1. The van der Waals surface area contributed by atoms with E-state index in [1.165, 1.54) is 6.92 Å². The third kappa shape index (κ3) is 3.77. The van der Waals surface area contributed by atoms with Crippen LogP contribution in [0.25, 0.3) is 0 Å². The molecule has 0 aliphatic heterocycles. The highest BCUT2D eigenvalue weighted by molar-refractivity contribution is 5.91. The highest BCUT2D eigenvalue weighted by Crippen LogP contribution is 2.19. The van der Waals surface area contributed by atoms with Gasteiger partial charge in [0.05, 0.1) is 5.69 Å². The van der Waals surface area contributed by atoms with E-state index in [2.05, 4.69) is 5.32 Å². The minimum Gasteiger partial charge on any atom is -0.327 e. The number of hydrogen-bond donors (Lipinski definition) is 2. The summed E-state index contributed by atoms with van der Waals surface area (Å²) in [5.41, 5.74) is 5.78. The van der Waals surface area contributed by atoms with Crippen LogP contribution in [0.1, 0.15) is 25.8 Å². The summed E-state index contributed by atoms with van der Waals surface area (Å²) in [5.74, 6) is -1.48. The zero-order valence-electron chi connectivity index (χ0n) is 10.8. The number of halogens is 2. The number of carbonyl (C=O) groups is 1. The van der Waals surface area contributed by atoms with Gasteiger partial charge >= 0.3 is 0 Å². The molecule has 1 aromatic carbocycles. The average molecular weight is 256 g/mol. The van der Waals surface area contributed by atoms with E-state index in [0.29, 0.717) is 0 Å². The molecular formula is C13H18F2N2O. The van der Waals surface area contributed by atoms with Crippen molar-refractivity contribution >= 4 is 11.6 Å². The molecule has 0 saturated heterocycles. The highest BCUT2D eigenvalue weighted by atomic mass is 19.1. The van der Waals surface area contributed by atoms with Crippen LogP contribution in [-0.2, 0) is 4.79 Å². The number of benzene rings is 1. The first kappa shape index (κ1) is 14.6. The first-order valence-corrected chi connectivity index (χ1v) is 5.82. The van der Waals surface area contributed by atoms with Crippen LogP contribution in [0.5, 0.6) is 0 Å². The van der Waals surface area contributed by atoms with Gasteiger partial charge in [-0.2, -0.15) is 0 Å². The van der Waals surface area contributed by atoms with Crippen LogP contribution in [0, 0.1) is 24.5 Å². The Balaban J connectivity index is 2.73. The Morgan fingerprint density at radius 1 is 1.33 bits per heavy atom. The molecule has 18 heavy (non-hydrogen) atoms. The van der Waals surface area contributed by atoms with Crippen LogP contribution < -0.4 is 11.1 Å². The van der Waals surface area contributed by atoms with Gasteiger partial charge in [0.1, 0.15) is 11.6 Å². The molecule has 1 rings (SSSR count). The average Bonchev–Trinajstić information content (AvgIpc) is 2.25. The third-order valence-corrected chi connectivity index (χ3v) is 2.80. The van der Waals surface area contributed by atoms with Crippen LogP contribution in [0.3, 0.4) is 0 Å². The van der Waals surface area contributed by atoms with Crippen LogP contribution in [0.4, 0.5) is 14.5 Å². The lowest BCUT2D eigenvalue weighted by Gasteiger charge is -2.15. The van der Waals surface area contributed by atoms with E-state index in [9.17, 15) is 13.6 Å². The molecule has 1 unspecified atom stereocenters. The van der Waals surface area contributed by atoms with Gasteiger partial charge in [-0.3, -0.25) is 4.79 Å². The molecule has 0 aliphatic carbocycles. The summed E-state index contributed by atoms with van der Waals surface area (Å²) in [4.78, 5) is 11.6. The summed E-state index contributed by atoms with van der Waals surface area (Å²) in [6.45, 7) is 5.24. The number of hydrogen-bond acceptors (Lipinski definition) is 2. The van der Waals surface area contributed by atoms with Gasteiger partial charge in [0.25, 0.3) is 0 Å². The Labute approximate surface area is 105 Å². The van der Waals surface area contributed by atoms with Gasteiger partial charge in [-0.1, -0.05) is 13.8 Å². The van der Waals surface area contributed by atoms with E-state index in [4.69, 9.17) is 5.73 Å². The molecule has 0 heterocycles. The summed E-state index contributed by atoms with van der Waals surface area (Å²) in [6, 6.07) is 1.72. The summed E-state index contributed by atoms with van der Waals surface area (Å²) < 4.78 is 26.7. The molecule has 100 valence electrons. The molecule has 1 aromatic rings. The summed E-state index contributed by atoms with van der Waals surface area (Å²) in [6.07, 6.45) is 0.0760. The number of amides is 1. The maximum atomic E-state index is 13.5. The third-order valence-electron chi connectivity index (χ3n) is 2.80. The number of rotatable bonds is 4. The summed E-state index contributed by atoms with van der Waals surface area (Å²) >= 11 is 0. The lowest BCUT2D eigenvalue weighted by atomic mass is 10.0. The smallest absolute Gasteiger partial charge is 0.226 e. The van der Waals surface area contributed by atoms with Crippen LogP contribution in [0.15, 0.2) is 12.1 Å². The fourth-order valence-corrected chi connectivity index (χ4v) is 1.39. The second-order valence-corrected chi connectivity index (χ2v) is 4.74. The van der Waals surface area contributed by atoms with Gasteiger partial charge in [-0.25, -0.2) is 8.78 Å². The number of nitrogens with one attached hydrogen (secondary N) is 1. The largest absolute Gasteiger partial charge is 0.327 e. The van der Waals surface area contributed by atoms with Crippen LogP contribution >= 0.6 is 0 Å². The number of nitrogens with two attached hydrogens (primary N) is 1. The van der Waals surface area contributed by atoms with Crippen molar-refractivity contribution in [2.45, 2.75) is 33.2 Å². The Hall–Kier alpha value is -1.49. The normalized spacial score (nSPS) is 12.6. The van der Waals surface area contributed by atoms with E-state index in [-0.39, 0.29) is 29.6 Å². The van der Waals surface area contributed by atoms with Gasteiger partial charge in [-0.15, -0.1) is 0 Å². The topological polar surface area (TPSA) is 55.1 Å². The van der Waals surface area contributed by atoms with Crippen molar-refractivity contribution in [3.63, 3.8) is 0 Å². The van der Waals surface area contributed by atoms with Crippen molar-refractivity contribution < 1.29 is 13.6 Å². The summed E-state index contributed by atoms with van der Waals surface area (Å²) in [5, 5.41) is 2.33. The fraction of sp³-hybridized carbons (Fsp3) is 0.462. The maximum Gasteiger partial charge on any atom is 0.226 e. The zero-order valence-corrected chi connectivity index (χ0v) is 10.8. The van der Waals surface area contributed by atoms with Crippen molar-refractivity contribution in [2.75, 3.05) is 5.32 Å². The predicted molar refractivity (Wildman–Crippen MR) is 67.2 cm³/mol. The van der Waals surface area contributed by atoms with E-state index in [1.54, 1.807) is 0 Å². The van der Waals surface area contributed by atoms with Gasteiger partial charge < -0.3 is 11.1 Å². The number of aryl methyl sites for hydroxylation is 1. The monoisotopic (exact) mass is 256 g/mol. The van der Waals surface area contributed by atoms with E-state index < -0.39 is 17.5 Å². The molecule has 0 bridgehead atoms. The van der Waals surface area contributed by atoms with E-state index in [0.717, 1.165) is 12.1 Å². The van der Waals surface area contributed by atoms with Crippen LogP contribution in [-0.4, -0.2) is 11.9 Å². The molecule has 1 amide bonds. The Kier molecular flexibility index (Phi) is 4.78. The van der Waals surface area contributed by atoms with Crippen molar-refractivity contribution in [1.29, 1.82) is 0 Å². The molecule has 0 fully saturated rings. The summed E-state index contributed by atoms with van der Waals surface area (Å²) in [7, 11) is 0. The van der Waals surface area contributed by atoms with Gasteiger partial charge in [0.2, 0.25) is 5.91 Å². The maximum absolute atomic E-state index is 13.5. The zero-order chi connectivity index (χ0) is 13.9. The van der Waals surface area contributed by atoms with E-state index in [1.807, 2.05) is 13.8 Å². The fourth-order valence-electron chi connectivity index (χ4n) is 1.39. The second kappa shape index (κ2) is 5.91. The lowest BCUT2D eigenvalue weighted by molar-refractivity contribution is -0.116. The highest BCUT2D eigenvalue weighted by Gasteiger charge is 2.15. The quantitative estimate of drug-likeness (QED) is 0.870. The standard InChI is InChI=1S/C13H18F2N2O/c1-7(2)11(16)6-13(18)17-12-5-9(14)8(3)4-10(12)15/h4-5,7,11H,6,16H2,1-3H3,(H,17,18). The number of anilines is 1. The molecule has 0 saturated carbocycles. The SMILES string of the molecule is Cc1cc(F)c(NC(=O)CC(N)C(C)C)cc1F. The van der Waals surface area contributed by atoms with Gasteiger partial charge in [0, 0.05) is 18.5 Å². The van der Waals surface area contributed by atoms with Gasteiger partial charge in [0.15, 0.2) is 0 Å². The lowest BCUT2D eigenvalue weighted by Crippen LogP contribution is -2.31. The molecule has 3 N–H and O–H groups in total. The van der Waals surface area contributed by atoms with Crippen molar-refractivity contribution in [1.82, 2.24) is 0 Å². The molecule has 3 nitrogen and oxygen atoms in total. The molecule has 0 spiro atoms. The van der Waals surface area contributed by atoms with Crippen molar-refractivity contribution in [3.8, 4) is 0 Å². The molecule has 0 radical (unpaired) electrons. The molecule has 0 aromatic heterocycles. The minimum atomic E-state index is -0.652. The molecular weight excluding hydrogens is 238 g/mol. The Morgan fingerprint density at radius 3 is 2.50 bits per heavy atom. The predicted octanol–water partition coefficient (Wildman–Crippen LogP) is 2.59. The molecule has 0 aliphatic rings. The Bertz CT molecular complexity index is 447. The van der Waals surface area contributed by atoms with E-state index >= 15 is 0 Å². The molecule has 1 atom stereocenters. The van der Waals surface area contributed by atoms with Gasteiger partial charge in [-0.05, 0) is 24.5 Å². The van der Waals surface area contributed by atoms with Crippen molar-refractivity contribution in [2.24, 2.45) is 11.7 Å². The Morgan fingerprint density at radius 2 is 1.94 bits per heavy atom. The van der Waals surface area contributed by atoms with Crippen molar-refractivity contribution in [3.05, 3.63) is 29.3 Å².